The van der Waals surface area contributed by atoms with Crippen molar-refractivity contribution in [3.8, 4) is 11.3 Å². The Balaban J connectivity index is 1.47. The molecule has 1 amide bonds. The zero-order valence-corrected chi connectivity index (χ0v) is 23.6. The SMILES string of the molecule is CCC(C)(C)C[C@H](NC(=O)OCc1ccccc1)c1ncc(-c2ccc(B3OC(C)(C)C(C)(C)O3)cc2)[nH]1. The summed E-state index contributed by atoms with van der Waals surface area (Å²) in [4.78, 5) is 20.8. The Kier molecular flexibility index (Phi) is 8.05. The van der Waals surface area contributed by atoms with Crippen molar-refractivity contribution in [3.63, 3.8) is 0 Å². The summed E-state index contributed by atoms with van der Waals surface area (Å²) in [6.45, 7) is 15.0. The van der Waals surface area contributed by atoms with E-state index in [1.165, 1.54) is 0 Å². The predicted octanol–water partition coefficient (Wildman–Crippen LogP) is 6.17. The molecule has 1 aliphatic rings. The van der Waals surface area contributed by atoms with Crippen LogP contribution in [-0.4, -0.2) is 34.4 Å². The lowest BCUT2D eigenvalue weighted by molar-refractivity contribution is 0.00578. The molecule has 2 aromatic carbocycles. The van der Waals surface area contributed by atoms with Gasteiger partial charge in [-0.1, -0.05) is 81.8 Å². The van der Waals surface area contributed by atoms with Gasteiger partial charge in [0.15, 0.2) is 0 Å². The summed E-state index contributed by atoms with van der Waals surface area (Å²) in [5.74, 6) is 0.702. The van der Waals surface area contributed by atoms with Crippen molar-refractivity contribution in [1.29, 1.82) is 0 Å². The van der Waals surface area contributed by atoms with Gasteiger partial charge in [0.25, 0.3) is 0 Å². The maximum Gasteiger partial charge on any atom is 0.494 e. The number of alkyl carbamates (subject to hydrolysis) is 1. The molecule has 1 saturated heterocycles. The number of aromatic nitrogens is 2. The van der Waals surface area contributed by atoms with Gasteiger partial charge in [-0.15, -0.1) is 0 Å². The molecule has 0 spiro atoms. The smallest absolute Gasteiger partial charge is 0.445 e. The van der Waals surface area contributed by atoms with E-state index in [9.17, 15) is 4.79 Å². The Labute approximate surface area is 226 Å². The normalized spacial score (nSPS) is 17.3. The van der Waals surface area contributed by atoms with Crippen LogP contribution in [-0.2, 0) is 20.7 Å². The second-order valence-corrected chi connectivity index (χ2v) is 11.9. The zero-order chi connectivity index (χ0) is 27.6. The van der Waals surface area contributed by atoms with Crippen molar-refractivity contribution >= 4 is 18.7 Å². The Hall–Kier alpha value is -3.10. The number of nitrogens with zero attached hydrogens (tertiary/aromatic N) is 1. The highest BCUT2D eigenvalue weighted by atomic mass is 16.7. The first-order chi connectivity index (χ1) is 17.9. The van der Waals surface area contributed by atoms with Crippen LogP contribution in [0.5, 0.6) is 0 Å². The molecule has 0 aliphatic carbocycles. The number of benzene rings is 2. The highest BCUT2D eigenvalue weighted by Gasteiger charge is 2.51. The van der Waals surface area contributed by atoms with Crippen LogP contribution in [0.4, 0.5) is 4.79 Å². The highest BCUT2D eigenvalue weighted by molar-refractivity contribution is 6.62. The van der Waals surface area contributed by atoms with E-state index in [-0.39, 0.29) is 29.3 Å². The molecule has 1 atom stereocenters. The van der Waals surface area contributed by atoms with Crippen molar-refractivity contribution < 1.29 is 18.8 Å². The van der Waals surface area contributed by atoms with Gasteiger partial charge in [0.1, 0.15) is 12.4 Å². The molecule has 3 aromatic rings. The molecule has 2 heterocycles. The lowest BCUT2D eigenvalue weighted by Crippen LogP contribution is -2.41. The van der Waals surface area contributed by atoms with Gasteiger partial charge < -0.3 is 24.3 Å². The van der Waals surface area contributed by atoms with Gasteiger partial charge in [0, 0.05) is 0 Å². The summed E-state index contributed by atoms with van der Waals surface area (Å²) < 4.78 is 17.9. The molecule has 1 aromatic heterocycles. The standard InChI is InChI=1S/C30H40BN3O4/c1-8-28(2,3)18-24(34-27(35)36-20-21-12-10-9-11-13-21)26-32-19-25(33-26)22-14-16-23(17-15-22)31-37-29(4,5)30(6,7)38-31/h9-17,19,24H,8,18,20H2,1-7H3,(H,32,33)(H,34,35)/t24-/m0/s1. The molecule has 1 fully saturated rings. The van der Waals surface area contributed by atoms with Crippen molar-refractivity contribution in [1.82, 2.24) is 15.3 Å². The van der Waals surface area contributed by atoms with E-state index < -0.39 is 13.2 Å². The number of hydrogen-bond acceptors (Lipinski definition) is 5. The first-order valence-corrected chi connectivity index (χ1v) is 13.4. The van der Waals surface area contributed by atoms with E-state index in [2.05, 4.69) is 63.8 Å². The zero-order valence-electron chi connectivity index (χ0n) is 23.6. The maximum atomic E-state index is 12.7. The predicted molar refractivity (Wildman–Crippen MR) is 151 cm³/mol. The average molecular weight is 517 g/mol. The van der Waals surface area contributed by atoms with Crippen molar-refractivity contribution in [2.75, 3.05) is 0 Å². The third kappa shape index (κ3) is 6.48. The van der Waals surface area contributed by atoms with Gasteiger partial charge in [-0.3, -0.25) is 0 Å². The number of hydrogen-bond donors (Lipinski definition) is 2. The van der Waals surface area contributed by atoms with Crippen molar-refractivity contribution in [2.45, 2.75) is 85.2 Å². The number of carbonyl (C=O) groups excluding carboxylic acids is 1. The quantitative estimate of drug-likeness (QED) is 0.332. The molecule has 0 bridgehead atoms. The molecule has 202 valence electrons. The number of carbonyl (C=O) groups is 1. The number of aromatic amines is 1. The van der Waals surface area contributed by atoms with E-state index >= 15 is 0 Å². The van der Waals surface area contributed by atoms with Crippen LogP contribution in [0.15, 0.2) is 60.8 Å². The molecular formula is C30H40BN3O4. The first kappa shape index (κ1) is 27.9. The Morgan fingerprint density at radius 3 is 2.29 bits per heavy atom. The molecule has 1 aliphatic heterocycles. The van der Waals surface area contributed by atoms with Crippen molar-refractivity contribution in [2.24, 2.45) is 5.41 Å². The van der Waals surface area contributed by atoms with Crippen LogP contribution in [0.2, 0.25) is 0 Å². The lowest BCUT2D eigenvalue weighted by Gasteiger charge is -2.32. The minimum absolute atomic E-state index is 0.00874. The van der Waals surface area contributed by atoms with Gasteiger partial charge in [-0.25, -0.2) is 9.78 Å². The molecule has 0 unspecified atom stereocenters. The molecule has 2 N–H and O–H groups in total. The van der Waals surface area contributed by atoms with E-state index in [0.29, 0.717) is 5.82 Å². The summed E-state index contributed by atoms with van der Waals surface area (Å²) >= 11 is 0. The minimum Gasteiger partial charge on any atom is -0.445 e. The molecule has 8 heteroatoms. The van der Waals surface area contributed by atoms with Gasteiger partial charge >= 0.3 is 13.2 Å². The number of amides is 1. The molecule has 4 rings (SSSR count). The third-order valence-corrected chi connectivity index (χ3v) is 7.89. The number of rotatable bonds is 9. The van der Waals surface area contributed by atoms with Gasteiger partial charge in [-0.2, -0.15) is 0 Å². The Morgan fingerprint density at radius 1 is 1.05 bits per heavy atom. The molecular weight excluding hydrogens is 477 g/mol. The highest BCUT2D eigenvalue weighted by Crippen LogP contribution is 2.37. The summed E-state index contributed by atoms with van der Waals surface area (Å²) in [6, 6.07) is 17.4. The lowest BCUT2D eigenvalue weighted by atomic mass is 9.79. The first-order valence-electron chi connectivity index (χ1n) is 13.4. The van der Waals surface area contributed by atoms with Crippen LogP contribution >= 0.6 is 0 Å². The monoisotopic (exact) mass is 517 g/mol. The van der Waals surface area contributed by atoms with Crippen LogP contribution in [0.3, 0.4) is 0 Å². The fraction of sp³-hybridized carbons (Fsp3) is 0.467. The average Bonchev–Trinajstić information content (AvgIpc) is 3.45. The second-order valence-electron chi connectivity index (χ2n) is 11.9. The molecule has 7 nitrogen and oxygen atoms in total. The van der Waals surface area contributed by atoms with Crippen LogP contribution in [0.25, 0.3) is 11.3 Å². The van der Waals surface area contributed by atoms with Crippen molar-refractivity contribution in [3.05, 3.63) is 72.2 Å². The van der Waals surface area contributed by atoms with Crippen LogP contribution < -0.4 is 10.8 Å². The minimum atomic E-state index is -0.463. The Bertz CT molecular complexity index is 1210. The fourth-order valence-corrected chi connectivity index (χ4v) is 4.28. The summed E-state index contributed by atoms with van der Waals surface area (Å²) in [6.07, 6.45) is 3.04. The summed E-state index contributed by atoms with van der Waals surface area (Å²) in [7, 11) is -0.405. The van der Waals surface area contributed by atoms with Crippen LogP contribution in [0.1, 0.15) is 78.7 Å². The number of H-pyrrole nitrogens is 1. The van der Waals surface area contributed by atoms with Crippen LogP contribution in [0, 0.1) is 5.41 Å². The summed E-state index contributed by atoms with van der Waals surface area (Å²) in [5.41, 5.74) is 3.02. The Morgan fingerprint density at radius 2 is 1.68 bits per heavy atom. The summed E-state index contributed by atoms with van der Waals surface area (Å²) in [5, 5.41) is 3.03. The largest absolute Gasteiger partial charge is 0.494 e. The molecule has 0 saturated carbocycles. The topological polar surface area (TPSA) is 85.5 Å². The van der Waals surface area contributed by atoms with E-state index in [4.69, 9.17) is 14.0 Å². The molecule has 0 radical (unpaired) electrons. The third-order valence-electron chi connectivity index (χ3n) is 7.89. The second kappa shape index (κ2) is 10.9. The van der Waals surface area contributed by atoms with E-state index in [0.717, 1.165) is 35.1 Å². The number of nitrogens with one attached hydrogen (secondary N) is 2. The number of imidazole rings is 1. The van der Waals surface area contributed by atoms with Gasteiger partial charge in [0.2, 0.25) is 0 Å². The van der Waals surface area contributed by atoms with E-state index in [1.807, 2.05) is 60.8 Å². The maximum absolute atomic E-state index is 12.7. The fourth-order valence-electron chi connectivity index (χ4n) is 4.28. The van der Waals surface area contributed by atoms with E-state index in [1.54, 1.807) is 0 Å². The van der Waals surface area contributed by atoms with Gasteiger partial charge in [0.05, 0.1) is 29.1 Å². The number of ether oxygens (including phenoxy) is 1. The van der Waals surface area contributed by atoms with Gasteiger partial charge in [-0.05, 0) is 56.1 Å². The molecule has 38 heavy (non-hydrogen) atoms.